The molecule has 0 spiro atoms. The SMILES string of the molecule is CC/C=C\C/C=C\C/C=C\C/C=C\C/C=C\C/C=C\C/C=C\C/C=C\C/C=C\C/C=C\C/C=C\CCCCCCCCCC(=O)OC(COC(=O)CCCC/C=C\C/C=C\C/C=C\C/C=C\C/C=C\C/C=C\CC)COP(=O)([O-])OCC[N+](C)(C)C. The first-order valence-electron chi connectivity index (χ1n) is 32.8. The zero-order valence-electron chi connectivity index (χ0n) is 54.4. The van der Waals surface area contributed by atoms with E-state index >= 15 is 0 Å². The molecule has 0 aliphatic rings. The maximum absolute atomic E-state index is 12.8. The summed E-state index contributed by atoms with van der Waals surface area (Å²) < 4.78 is 34.1. The normalized spacial score (nSPS) is 14.5. The summed E-state index contributed by atoms with van der Waals surface area (Å²) in [7, 11) is 1.10. The van der Waals surface area contributed by atoms with Gasteiger partial charge in [-0.1, -0.05) is 253 Å². The molecule has 0 saturated carbocycles. The van der Waals surface area contributed by atoms with Gasteiger partial charge in [-0.05, 0) is 148 Å². The molecule has 0 aromatic carbocycles. The van der Waals surface area contributed by atoms with Crippen molar-refractivity contribution in [3.8, 4) is 0 Å². The molecule has 9 nitrogen and oxygen atoms in total. The Morgan fingerprint density at radius 3 is 0.953 bits per heavy atom. The van der Waals surface area contributed by atoms with Gasteiger partial charge in [0, 0.05) is 12.8 Å². The van der Waals surface area contributed by atoms with Crippen LogP contribution in [0.5, 0.6) is 0 Å². The van der Waals surface area contributed by atoms with Crippen LogP contribution >= 0.6 is 7.82 Å². The van der Waals surface area contributed by atoms with Crippen molar-refractivity contribution in [2.24, 2.45) is 0 Å². The van der Waals surface area contributed by atoms with E-state index in [1.54, 1.807) is 0 Å². The van der Waals surface area contributed by atoms with Gasteiger partial charge >= 0.3 is 11.9 Å². The number of allylic oxidation sites excluding steroid dienone is 34. The van der Waals surface area contributed by atoms with Gasteiger partial charge in [-0.15, -0.1) is 0 Å². The summed E-state index contributed by atoms with van der Waals surface area (Å²) in [5, 5.41) is 0. The van der Waals surface area contributed by atoms with Crippen molar-refractivity contribution in [3.63, 3.8) is 0 Å². The van der Waals surface area contributed by atoms with Crippen LogP contribution in [0.2, 0.25) is 0 Å². The zero-order valence-corrected chi connectivity index (χ0v) is 55.3. The molecular formula is C76H118NO8P. The first-order chi connectivity index (χ1) is 42.0. The van der Waals surface area contributed by atoms with E-state index in [-0.39, 0.29) is 26.1 Å². The molecule has 0 saturated heterocycles. The van der Waals surface area contributed by atoms with E-state index in [1.165, 1.54) is 6.42 Å². The summed E-state index contributed by atoms with van der Waals surface area (Å²) in [5.74, 6) is -0.916. The molecule has 2 atom stereocenters. The van der Waals surface area contributed by atoms with Crippen molar-refractivity contribution in [2.75, 3.05) is 47.5 Å². The van der Waals surface area contributed by atoms with Crippen LogP contribution in [0.25, 0.3) is 0 Å². The Balaban J connectivity index is 4.22. The quantitative estimate of drug-likeness (QED) is 0.0195. The highest BCUT2D eigenvalue weighted by molar-refractivity contribution is 7.45. The third kappa shape index (κ3) is 67.7. The molecule has 0 fully saturated rings. The molecule has 0 heterocycles. The zero-order chi connectivity index (χ0) is 62.6. The second-order valence-corrected chi connectivity index (χ2v) is 23.4. The Hall–Kier alpha value is -5.41. The molecule has 0 radical (unpaired) electrons. The first kappa shape index (κ1) is 80.6. The van der Waals surface area contributed by atoms with E-state index in [0.717, 1.165) is 161 Å². The third-order valence-electron chi connectivity index (χ3n) is 12.8. The molecule has 0 amide bonds. The lowest BCUT2D eigenvalue weighted by molar-refractivity contribution is -0.870. The predicted molar refractivity (Wildman–Crippen MR) is 368 cm³/mol. The van der Waals surface area contributed by atoms with Crippen LogP contribution in [-0.4, -0.2) is 70.0 Å². The van der Waals surface area contributed by atoms with Gasteiger partial charge in [-0.3, -0.25) is 14.2 Å². The fourth-order valence-corrected chi connectivity index (χ4v) is 8.57. The fraction of sp³-hybridized carbons (Fsp3) is 0.526. The highest BCUT2D eigenvalue weighted by Crippen LogP contribution is 2.38. The Labute approximate surface area is 525 Å². The largest absolute Gasteiger partial charge is 0.756 e. The van der Waals surface area contributed by atoms with E-state index < -0.39 is 32.5 Å². The van der Waals surface area contributed by atoms with Gasteiger partial charge in [-0.2, -0.15) is 0 Å². The monoisotopic (exact) mass is 1200 g/mol. The molecule has 0 aliphatic heterocycles. The van der Waals surface area contributed by atoms with Gasteiger partial charge < -0.3 is 27.9 Å². The number of hydrogen-bond donors (Lipinski definition) is 0. The van der Waals surface area contributed by atoms with Crippen molar-refractivity contribution in [1.29, 1.82) is 0 Å². The summed E-state index contributed by atoms with van der Waals surface area (Å²) in [6, 6.07) is 0. The van der Waals surface area contributed by atoms with Crippen LogP contribution < -0.4 is 4.89 Å². The van der Waals surface area contributed by atoms with E-state index in [9.17, 15) is 19.0 Å². The molecule has 0 N–H and O–H groups in total. The number of phosphoric ester groups is 1. The van der Waals surface area contributed by atoms with Crippen molar-refractivity contribution in [2.45, 2.75) is 213 Å². The first-order valence-corrected chi connectivity index (χ1v) is 34.3. The molecular weight excluding hydrogens is 1090 g/mol. The number of esters is 2. The summed E-state index contributed by atoms with van der Waals surface area (Å²) in [6.07, 6.45) is 102. The Bertz CT molecular complexity index is 2200. The van der Waals surface area contributed by atoms with Gasteiger partial charge in [0.15, 0.2) is 6.10 Å². The number of carbonyl (C=O) groups is 2. The number of rotatable bonds is 57. The average Bonchev–Trinajstić information content (AvgIpc) is 3.70. The number of unbranched alkanes of at least 4 members (excludes halogenated alkanes) is 9. The standard InChI is InChI=1S/C76H118NO8P/c1-6-8-10-12-14-16-18-20-22-24-26-28-29-30-31-32-33-34-35-36-37-38-39-40-41-42-43-44-45-46-47-49-51-53-55-57-59-61-63-65-67-69-76(79)85-74(73-84-86(80,81)83-71-70-77(3,4)5)72-82-75(78)68-66-64-62-60-58-56-54-52-50-48-27-25-23-21-19-17-15-13-11-9-7-2/h8-11,14-17,20-23,26-28,30-31,33-34,36-37,39-40,42-43,45-46,48-49,51-52,54,58,60,74H,6-7,12-13,18-19,24-25,29,32,35,38,41,44,47,50,53,55-57,59,61-73H2,1-5H3/b10-8-,11-9-,16-14-,17-15-,22-20-,23-21-,28-26-,31-30-,34-33-,37-36-,40-39-,43-42-,46-45-,48-27-,51-49-,54-52-,60-58-. The van der Waals surface area contributed by atoms with E-state index in [2.05, 4.69) is 220 Å². The summed E-state index contributed by atoms with van der Waals surface area (Å²) >= 11 is 0. The van der Waals surface area contributed by atoms with E-state index in [1.807, 2.05) is 21.1 Å². The lowest BCUT2D eigenvalue weighted by atomic mass is 10.1. The van der Waals surface area contributed by atoms with Crippen LogP contribution in [0.1, 0.15) is 206 Å². The van der Waals surface area contributed by atoms with Gasteiger partial charge in [0.25, 0.3) is 7.82 Å². The van der Waals surface area contributed by atoms with E-state index in [0.29, 0.717) is 23.9 Å². The van der Waals surface area contributed by atoms with Crippen molar-refractivity contribution >= 4 is 19.8 Å². The lowest BCUT2D eigenvalue weighted by Gasteiger charge is -2.28. The van der Waals surface area contributed by atoms with Crippen LogP contribution in [0.3, 0.4) is 0 Å². The molecule has 0 aliphatic carbocycles. The number of carbonyl (C=O) groups excluding carboxylic acids is 2. The molecule has 0 aromatic rings. The highest BCUT2D eigenvalue weighted by atomic mass is 31.2. The minimum absolute atomic E-state index is 0.0525. The minimum atomic E-state index is -4.67. The predicted octanol–water partition coefficient (Wildman–Crippen LogP) is 20.8. The number of quaternary nitrogens is 1. The minimum Gasteiger partial charge on any atom is -0.756 e. The molecule has 0 rings (SSSR count). The number of hydrogen-bond acceptors (Lipinski definition) is 8. The Morgan fingerprint density at radius 2 is 0.628 bits per heavy atom. The van der Waals surface area contributed by atoms with Crippen LogP contribution in [0.15, 0.2) is 207 Å². The molecule has 2 unspecified atom stereocenters. The van der Waals surface area contributed by atoms with Crippen molar-refractivity contribution in [1.82, 2.24) is 0 Å². The molecule has 0 bridgehead atoms. The number of phosphoric acid groups is 1. The van der Waals surface area contributed by atoms with Gasteiger partial charge in [-0.25, -0.2) is 0 Å². The number of ether oxygens (including phenoxy) is 2. The molecule has 0 aromatic heterocycles. The van der Waals surface area contributed by atoms with Crippen LogP contribution in [-0.2, 0) is 32.7 Å². The average molecular weight is 1200 g/mol. The molecule has 480 valence electrons. The smallest absolute Gasteiger partial charge is 0.306 e. The fourth-order valence-electron chi connectivity index (χ4n) is 7.84. The number of likely N-dealkylation sites (N-methyl/N-ethyl adjacent to an activating group) is 1. The third-order valence-corrected chi connectivity index (χ3v) is 13.8. The van der Waals surface area contributed by atoms with Crippen LogP contribution in [0, 0.1) is 0 Å². The second-order valence-electron chi connectivity index (χ2n) is 22.0. The Kier molecular flexibility index (Phi) is 60.0. The lowest BCUT2D eigenvalue weighted by Crippen LogP contribution is -2.37. The topological polar surface area (TPSA) is 111 Å². The van der Waals surface area contributed by atoms with Gasteiger partial charge in [0.1, 0.15) is 19.8 Å². The highest BCUT2D eigenvalue weighted by Gasteiger charge is 2.21. The van der Waals surface area contributed by atoms with E-state index in [4.69, 9.17) is 18.5 Å². The molecule has 10 heteroatoms. The Morgan fingerprint density at radius 1 is 0.360 bits per heavy atom. The van der Waals surface area contributed by atoms with Crippen molar-refractivity contribution < 1.29 is 42.1 Å². The summed E-state index contributed by atoms with van der Waals surface area (Å²) in [4.78, 5) is 37.9. The second kappa shape index (κ2) is 64.1. The maximum Gasteiger partial charge on any atom is 0.306 e. The summed E-state index contributed by atoms with van der Waals surface area (Å²) in [5.41, 5.74) is 0. The van der Waals surface area contributed by atoms with Crippen molar-refractivity contribution in [3.05, 3.63) is 207 Å². The van der Waals surface area contributed by atoms with Gasteiger partial charge in [0.2, 0.25) is 0 Å². The molecule has 86 heavy (non-hydrogen) atoms. The summed E-state index contributed by atoms with van der Waals surface area (Å²) in [6.45, 7) is 3.91. The van der Waals surface area contributed by atoms with Gasteiger partial charge in [0.05, 0.1) is 27.7 Å². The number of nitrogens with zero attached hydrogens (tertiary/aromatic N) is 1. The van der Waals surface area contributed by atoms with Crippen LogP contribution in [0.4, 0.5) is 0 Å². The maximum atomic E-state index is 12.8.